The molecular formula is C28H34N2O5. The van der Waals surface area contributed by atoms with Crippen molar-refractivity contribution in [2.45, 2.75) is 57.4 Å². The summed E-state index contributed by atoms with van der Waals surface area (Å²) in [6.07, 6.45) is 3.53. The fourth-order valence-electron chi connectivity index (χ4n) is 5.32. The van der Waals surface area contributed by atoms with E-state index in [0.29, 0.717) is 25.8 Å². The van der Waals surface area contributed by atoms with Gasteiger partial charge in [-0.25, -0.2) is 4.79 Å². The summed E-state index contributed by atoms with van der Waals surface area (Å²) in [6.45, 7) is 2.66. The number of hydrogen-bond donors (Lipinski definition) is 3. The van der Waals surface area contributed by atoms with Gasteiger partial charge >= 0.3 is 12.1 Å². The predicted molar refractivity (Wildman–Crippen MR) is 133 cm³/mol. The molecule has 1 fully saturated rings. The number of carbonyl (C=O) groups excluding carboxylic acids is 2. The zero-order chi connectivity index (χ0) is 24.8. The maximum Gasteiger partial charge on any atom is 0.407 e. The molecule has 0 aliphatic heterocycles. The number of hydrogen-bond acceptors (Lipinski definition) is 4. The molecule has 7 nitrogen and oxygen atoms in total. The second kappa shape index (κ2) is 11.4. The van der Waals surface area contributed by atoms with E-state index < -0.39 is 18.1 Å². The van der Waals surface area contributed by atoms with E-state index in [4.69, 9.17) is 9.84 Å². The SMILES string of the molecule is CCCC(NC(=O)OCC1c2ccccc2-c2ccccc21)C(=O)NCC1CCC(C(=O)O)CC1. The molecule has 3 N–H and O–H groups in total. The summed E-state index contributed by atoms with van der Waals surface area (Å²) in [5, 5.41) is 14.8. The minimum Gasteiger partial charge on any atom is -0.481 e. The first-order valence-corrected chi connectivity index (χ1v) is 12.6. The second-order valence-corrected chi connectivity index (χ2v) is 9.61. The van der Waals surface area contributed by atoms with Crippen molar-refractivity contribution in [1.29, 1.82) is 0 Å². The van der Waals surface area contributed by atoms with Crippen LogP contribution in [0.2, 0.25) is 0 Å². The van der Waals surface area contributed by atoms with Gasteiger partial charge in [-0.15, -0.1) is 0 Å². The topological polar surface area (TPSA) is 105 Å². The molecule has 0 radical (unpaired) electrons. The van der Waals surface area contributed by atoms with Gasteiger partial charge in [0.2, 0.25) is 5.91 Å². The van der Waals surface area contributed by atoms with Crippen LogP contribution in [-0.2, 0) is 14.3 Å². The smallest absolute Gasteiger partial charge is 0.407 e. The minimum atomic E-state index is -0.734. The Morgan fingerprint density at radius 3 is 2.14 bits per heavy atom. The summed E-state index contributed by atoms with van der Waals surface area (Å²) in [5.41, 5.74) is 4.61. The molecule has 1 unspecified atom stereocenters. The van der Waals surface area contributed by atoms with Crippen molar-refractivity contribution >= 4 is 18.0 Å². The van der Waals surface area contributed by atoms with Crippen molar-refractivity contribution < 1.29 is 24.2 Å². The first-order chi connectivity index (χ1) is 17.0. The molecule has 1 atom stereocenters. The molecule has 2 aliphatic rings. The van der Waals surface area contributed by atoms with Crippen molar-refractivity contribution in [2.75, 3.05) is 13.2 Å². The van der Waals surface area contributed by atoms with Crippen molar-refractivity contribution in [3.63, 3.8) is 0 Å². The highest BCUT2D eigenvalue weighted by molar-refractivity contribution is 5.85. The van der Waals surface area contributed by atoms with Crippen LogP contribution in [0.4, 0.5) is 4.79 Å². The molecule has 7 heteroatoms. The molecule has 186 valence electrons. The average Bonchev–Trinajstić information content (AvgIpc) is 3.19. The molecule has 0 heterocycles. The van der Waals surface area contributed by atoms with Gasteiger partial charge in [-0.3, -0.25) is 9.59 Å². The second-order valence-electron chi connectivity index (χ2n) is 9.61. The normalized spacial score (nSPS) is 19.8. The highest BCUT2D eigenvalue weighted by Gasteiger charge is 2.30. The maximum absolute atomic E-state index is 12.8. The first kappa shape index (κ1) is 24.8. The number of carbonyl (C=O) groups is 3. The number of rotatable bonds is 9. The Labute approximate surface area is 206 Å². The van der Waals surface area contributed by atoms with Crippen molar-refractivity contribution in [3.05, 3.63) is 59.7 Å². The molecule has 0 spiro atoms. The standard InChI is InChI=1S/C28H34N2O5/c1-2-7-25(26(31)29-16-18-12-14-19(15-13-18)27(32)33)30-28(34)35-17-24-22-10-5-3-8-20(22)21-9-4-6-11-23(21)24/h3-6,8-11,18-19,24-25H,2,7,12-17H2,1H3,(H,29,31)(H,30,34)(H,32,33). The van der Waals surface area contributed by atoms with Crippen LogP contribution in [-0.4, -0.2) is 42.3 Å². The Balaban J connectivity index is 1.29. The van der Waals surface area contributed by atoms with E-state index in [0.717, 1.165) is 41.5 Å². The molecule has 2 amide bonds. The molecular weight excluding hydrogens is 444 g/mol. The molecule has 2 aromatic carbocycles. The number of carboxylic acids is 1. The van der Waals surface area contributed by atoms with Crippen LogP contribution in [0.5, 0.6) is 0 Å². The van der Waals surface area contributed by atoms with Crippen LogP contribution in [0.15, 0.2) is 48.5 Å². The monoisotopic (exact) mass is 478 g/mol. The Morgan fingerprint density at radius 2 is 1.57 bits per heavy atom. The fourth-order valence-corrected chi connectivity index (χ4v) is 5.32. The minimum absolute atomic E-state index is 0.0347. The van der Waals surface area contributed by atoms with Gasteiger partial charge in [-0.05, 0) is 60.3 Å². The number of amides is 2. The third kappa shape index (κ3) is 5.84. The molecule has 4 rings (SSSR count). The Morgan fingerprint density at radius 1 is 0.971 bits per heavy atom. The van der Waals surface area contributed by atoms with E-state index in [1.54, 1.807) is 0 Å². The Kier molecular flexibility index (Phi) is 8.06. The molecule has 0 bridgehead atoms. The summed E-state index contributed by atoms with van der Waals surface area (Å²) in [4.78, 5) is 36.6. The number of carboxylic acid groups (broad SMARTS) is 1. The van der Waals surface area contributed by atoms with Crippen LogP contribution in [0.25, 0.3) is 11.1 Å². The van der Waals surface area contributed by atoms with E-state index in [9.17, 15) is 14.4 Å². The molecule has 35 heavy (non-hydrogen) atoms. The van der Waals surface area contributed by atoms with Gasteiger partial charge in [0.25, 0.3) is 0 Å². The average molecular weight is 479 g/mol. The lowest BCUT2D eigenvalue weighted by molar-refractivity contribution is -0.143. The number of alkyl carbamates (subject to hydrolysis) is 1. The van der Waals surface area contributed by atoms with Gasteiger partial charge < -0.3 is 20.5 Å². The van der Waals surface area contributed by atoms with Crippen molar-refractivity contribution in [2.24, 2.45) is 11.8 Å². The van der Waals surface area contributed by atoms with Gasteiger partial charge in [-0.1, -0.05) is 61.9 Å². The quantitative estimate of drug-likeness (QED) is 0.485. The molecule has 2 aromatic rings. The third-order valence-corrected chi connectivity index (χ3v) is 7.29. The van der Waals surface area contributed by atoms with Gasteiger partial charge in [0.15, 0.2) is 0 Å². The first-order valence-electron chi connectivity index (χ1n) is 12.6. The fraction of sp³-hybridized carbons (Fsp3) is 0.464. The van der Waals surface area contributed by atoms with Crippen LogP contribution in [0, 0.1) is 11.8 Å². The van der Waals surface area contributed by atoms with Gasteiger partial charge in [0, 0.05) is 12.5 Å². The summed E-state index contributed by atoms with van der Waals surface area (Å²) < 4.78 is 5.61. The lowest BCUT2D eigenvalue weighted by Gasteiger charge is -2.27. The van der Waals surface area contributed by atoms with Crippen LogP contribution in [0.3, 0.4) is 0 Å². The number of ether oxygens (including phenoxy) is 1. The maximum atomic E-state index is 12.8. The number of fused-ring (bicyclic) bond motifs is 3. The van der Waals surface area contributed by atoms with E-state index in [1.807, 2.05) is 31.2 Å². The molecule has 2 aliphatic carbocycles. The summed E-state index contributed by atoms with van der Waals surface area (Å²) in [5.74, 6) is -0.993. The zero-order valence-corrected chi connectivity index (χ0v) is 20.2. The Bertz CT molecular complexity index is 1020. The van der Waals surface area contributed by atoms with Crippen molar-refractivity contribution in [3.8, 4) is 11.1 Å². The summed E-state index contributed by atoms with van der Waals surface area (Å²) in [7, 11) is 0. The zero-order valence-electron chi connectivity index (χ0n) is 20.2. The van der Waals surface area contributed by atoms with E-state index in [1.165, 1.54) is 0 Å². The van der Waals surface area contributed by atoms with Crippen LogP contribution >= 0.6 is 0 Å². The largest absolute Gasteiger partial charge is 0.481 e. The van der Waals surface area contributed by atoms with Gasteiger partial charge in [0.05, 0.1) is 5.92 Å². The van der Waals surface area contributed by atoms with Crippen LogP contribution < -0.4 is 10.6 Å². The Hall–Kier alpha value is -3.35. The molecule has 0 saturated heterocycles. The predicted octanol–water partition coefficient (Wildman–Crippen LogP) is 4.70. The highest BCUT2D eigenvalue weighted by atomic mass is 16.5. The third-order valence-electron chi connectivity index (χ3n) is 7.29. The summed E-state index contributed by atoms with van der Waals surface area (Å²) in [6, 6.07) is 15.7. The van der Waals surface area contributed by atoms with Gasteiger partial charge in [0.1, 0.15) is 12.6 Å². The molecule has 1 saturated carbocycles. The van der Waals surface area contributed by atoms with Crippen LogP contribution in [0.1, 0.15) is 62.5 Å². The number of benzene rings is 2. The lowest BCUT2D eigenvalue weighted by atomic mass is 9.82. The van der Waals surface area contributed by atoms with Crippen molar-refractivity contribution in [1.82, 2.24) is 10.6 Å². The van der Waals surface area contributed by atoms with E-state index in [-0.39, 0.29) is 30.3 Å². The van der Waals surface area contributed by atoms with E-state index >= 15 is 0 Å². The highest BCUT2D eigenvalue weighted by Crippen LogP contribution is 2.44. The summed E-state index contributed by atoms with van der Waals surface area (Å²) >= 11 is 0. The number of aliphatic carboxylic acids is 1. The van der Waals surface area contributed by atoms with E-state index in [2.05, 4.69) is 34.9 Å². The lowest BCUT2D eigenvalue weighted by Crippen LogP contribution is -2.48. The van der Waals surface area contributed by atoms with Gasteiger partial charge in [-0.2, -0.15) is 0 Å². The molecule has 0 aromatic heterocycles. The number of nitrogens with one attached hydrogen (secondary N) is 2.